The number of benzene rings is 3. The molecule has 3 aromatic carbocycles. The number of amides is 1. The van der Waals surface area contributed by atoms with Gasteiger partial charge in [0.05, 0.1) is 5.56 Å². The van der Waals surface area contributed by atoms with Crippen molar-refractivity contribution in [1.82, 2.24) is 0 Å². The Kier molecular flexibility index (Phi) is 4.39. The lowest BCUT2D eigenvalue weighted by atomic mass is 9.93. The van der Waals surface area contributed by atoms with E-state index in [0.29, 0.717) is 17.5 Å². The number of rotatable bonds is 3. The van der Waals surface area contributed by atoms with Gasteiger partial charge in [-0.1, -0.05) is 36.4 Å². The Morgan fingerprint density at radius 3 is 2.59 bits per heavy atom. The van der Waals surface area contributed by atoms with Crippen molar-refractivity contribution in [3.63, 3.8) is 0 Å². The van der Waals surface area contributed by atoms with Gasteiger partial charge in [0, 0.05) is 17.7 Å². The molecule has 1 N–H and O–H groups in total. The molecule has 0 saturated carbocycles. The molecule has 4 heteroatoms. The molecule has 144 valence electrons. The van der Waals surface area contributed by atoms with Gasteiger partial charge in [-0.2, -0.15) is 0 Å². The van der Waals surface area contributed by atoms with Crippen LogP contribution in [0.25, 0.3) is 0 Å². The fourth-order valence-corrected chi connectivity index (χ4v) is 4.24. The van der Waals surface area contributed by atoms with Gasteiger partial charge < -0.3 is 10.1 Å². The van der Waals surface area contributed by atoms with Crippen LogP contribution in [0.3, 0.4) is 0 Å². The minimum atomic E-state index is -0.342. The average molecular weight is 383 g/mol. The zero-order valence-corrected chi connectivity index (χ0v) is 16.0. The third-order valence-corrected chi connectivity index (χ3v) is 5.77. The second-order valence-corrected chi connectivity index (χ2v) is 7.67. The van der Waals surface area contributed by atoms with Crippen molar-refractivity contribution in [3.05, 3.63) is 100 Å². The lowest BCUT2D eigenvalue weighted by Crippen LogP contribution is -2.23. The Morgan fingerprint density at radius 1 is 0.897 bits per heavy atom. The van der Waals surface area contributed by atoms with E-state index in [1.165, 1.54) is 17.5 Å². The molecule has 1 aliphatic carbocycles. The highest BCUT2D eigenvalue weighted by atomic mass is 16.5. The van der Waals surface area contributed by atoms with Crippen LogP contribution in [0.5, 0.6) is 0 Å². The number of nitrogens with one attached hydrogen (secondary N) is 1. The molecule has 1 aliphatic heterocycles. The summed E-state index contributed by atoms with van der Waals surface area (Å²) in [5.41, 5.74) is 6.40. The molecule has 0 saturated heterocycles. The summed E-state index contributed by atoms with van der Waals surface area (Å²) >= 11 is 0. The van der Waals surface area contributed by atoms with Crippen molar-refractivity contribution in [2.45, 2.75) is 31.8 Å². The third-order valence-electron chi connectivity index (χ3n) is 5.77. The fraction of sp³-hybridized carbons (Fsp3) is 0.200. The molecule has 1 unspecified atom stereocenters. The van der Waals surface area contributed by atoms with Crippen molar-refractivity contribution < 1.29 is 14.3 Å². The van der Waals surface area contributed by atoms with Gasteiger partial charge in [-0.3, -0.25) is 4.79 Å². The van der Waals surface area contributed by atoms with Crippen LogP contribution >= 0.6 is 0 Å². The van der Waals surface area contributed by atoms with E-state index >= 15 is 0 Å². The number of ether oxygens (including phenoxy) is 1. The number of hydrogen-bond donors (Lipinski definition) is 1. The lowest BCUT2D eigenvalue weighted by molar-refractivity contribution is 0.0252. The number of cyclic esters (lactones) is 1. The summed E-state index contributed by atoms with van der Waals surface area (Å²) in [7, 11) is 0. The smallest absolute Gasteiger partial charge is 0.339 e. The molecule has 1 atom stereocenters. The highest BCUT2D eigenvalue weighted by Crippen LogP contribution is 2.31. The van der Waals surface area contributed by atoms with Crippen LogP contribution < -0.4 is 5.32 Å². The van der Waals surface area contributed by atoms with Crippen molar-refractivity contribution in [2.75, 3.05) is 5.32 Å². The van der Waals surface area contributed by atoms with E-state index in [0.717, 1.165) is 29.7 Å². The van der Waals surface area contributed by atoms with Crippen molar-refractivity contribution in [2.24, 2.45) is 0 Å². The maximum Gasteiger partial charge on any atom is 0.339 e. The molecule has 0 spiro atoms. The molecule has 5 rings (SSSR count). The van der Waals surface area contributed by atoms with Crippen LogP contribution in [0.4, 0.5) is 5.69 Å². The maximum absolute atomic E-state index is 12.8. The van der Waals surface area contributed by atoms with Crippen LogP contribution in [-0.4, -0.2) is 11.9 Å². The zero-order valence-electron chi connectivity index (χ0n) is 16.0. The molecule has 3 aromatic rings. The highest BCUT2D eigenvalue weighted by molar-refractivity contribution is 6.05. The first-order valence-electron chi connectivity index (χ1n) is 9.99. The summed E-state index contributed by atoms with van der Waals surface area (Å²) in [6.45, 7) is 0. The van der Waals surface area contributed by atoms with Crippen molar-refractivity contribution in [3.8, 4) is 0 Å². The molecule has 0 fully saturated rings. The Bertz CT molecular complexity index is 1100. The van der Waals surface area contributed by atoms with Gasteiger partial charge in [0.25, 0.3) is 5.91 Å². The summed E-state index contributed by atoms with van der Waals surface area (Å²) in [4.78, 5) is 25.2. The van der Waals surface area contributed by atoms with E-state index in [4.69, 9.17) is 4.74 Å². The van der Waals surface area contributed by atoms with Crippen LogP contribution in [0.15, 0.2) is 66.7 Å². The van der Waals surface area contributed by atoms with Crippen LogP contribution in [0.2, 0.25) is 0 Å². The largest absolute Gasteiger partial charge is 0.454 e. The number of hydrogen-bond acceptors (Lipinski definition) is 3. The first kappa shape index (κ1) is 17.7. The standard InChI is InChI=1S/C25H21NO3/c27-24(26-21-11-9-16-7-4-8-18(16)14-21)19-10-12-22-20(13-19)15-23(29-25(22)28)17-5-2-1-3-6-17/h1-3,5-6,9-14,23H,4,7-8,15H2,(H,26,27). The number of fused-ring (bicyclic) bond motifs is 2. The number of aryl methyl sites for hydroxylation is 2. The van der Waals surface area contributed by atoms with Crippen molar-refractivity contribution in [1.29, 1.82) is 0 Å². The van der Waals surface area contributed by atoms with Crippen LogP contribution in [-0.2, 0) is 24.0 Å². The number of esters is 1. The van der Waals surface area contributed by atoms with E-state index in [-0.39, 0.29) is 18.0 Å². The maximum atomic E-state index is 12.8. The molecule has 0 aromatic heterocycles. The monoisotopic (exact) mass is 383 g/mol. The van der Waals surface area contributed by atoms with E-state index in [9.17, 15) is 9.59 Å². The van der Waals surface area contributed by atoms with E-state index < -0.39 is 0 Å². The summed E-state index contributed by atoms with van der Waals surface area (Å²) in [5, 5.41) is 2.99. The molecule has 29 heavy (non-hydrogen) atoms. The SMILES string of the molecule is O=C(Nc1ccc2c(c1)CCC2)c1ccc2c(c1)CC(c1ccccc1)OC2=O. The zero-order chi connectivity index (χ0) is 19.8. The van der Waals surface area contributed by atoms with Gasteiger partial charge in [-0.05, 0) is 71.8 Å². The van der Waals surface area contributed by atoms with Gasteiger partial charge in [0.2, 0.25) is 0 Å². The Hall–Kier alpha value is -3.40. The quantitative estimate of drug-likeness (QED) is 0.656. The first-order valence-corrected chi connectivity index (χ1v) is 9.99. The van der Waals surface area contributed by atoms with Gasteiger partial charge in [-0.15, -0.1) is 0 Å². The van der Waals surface area contributed by atoms with Crippen LogP contribution in [0, 0.1) is 0 Å². The molecule has 0 radical (unpaired) electrons. The normalized spacial score (nSPS) is 17.2. The summed E-state index contributed by atoms with van der Waals surface area (Å²) in [6, 6.07) is 21.0. The lowest BCUT2D eigenvalue weighted by Gasteiger charge is -2.25. The Labute approximate surface area is 169 Å². The van der Waals surface area contributed by atoms with Gasteiger partial charge in [0.15, 0.2) is 0 Å². The number of carbonyl (C=O) groups excluding carboxylic acids is 2. The van der Waals surface area contributed by atoms with Crippen LogP contribution in [0.1, 0.15) is 55.5 Å². The molecular formula is C25H21NO3. The predicted molar refractivity (Wildman–Crippen MR) is 111 cm³/mol. The third kappa shape index (κ3) is 3.42. The molecular weight excluding hydrogens is 362 g/mol. The summed E-state index contributed by atoms with van der Waals surface area (Å²) < 4.78 is 5.60. The number of carbonyl (C=O) groups is 2. The Balaban J connectivity index is 1.38. The van der Waals surface area contributed by atoms with Crippen molar-refractivity contribution >= 4 is 17.6 Å². The molecule has 2 aliphatic rings. The van der Waals surface area contributed by atoms with Gasteiger partial charge in [-0.25, -0.2) is 4.79 Å². The molecule has 1 amide bonds. The van der Waals surface area contributed by atoms with Gasteiger partial charge >= 0.3 is 5.97 Å². The minimum Gasteiger partial charge on any atom is -0.454 e. The fourth-order valence-electron chi connectivity index (χ4n) is 4.24. The van der Waals surface area contributed by atoms with E-state index in [1.54, 1.807) is 12.1 Å². The summed E-state index contributed by atoms with van der Waals surface area (Å²) in [6.07, 6.45) is 3.60. The van der Waals surface area contributed by atoms with E-state index in [2.05, 4.69) is 17.4 Å². The second kappa shape index (κ2) is 7.21. The predicted octanol–water partition coefficient (Wildman–Crippen LogP) is 4.88. The van der Waals surface area contributed by atoms with Gasteiger partial charge in [0.1, 0.15) is 6.10 Å². The topological polar surface area (TPSA) is 55.4 Å². The number of anilines is 1. The molecule has 4 nitrogen and oxygen atoms in total. The molecule has 0 bridgehead atoms. The average Bonchev–Trinajstić information content (AvgIpc) is 3.22. The second-order valence-electron chi connectivity index (χ2n) is 7.67. The highest BCUT2D eigenvalue weighted by Gasteiger charge is 2.28. The van der Waals surface area contributed by atoms with E-state index in [1.807, 2.05) is 42.5 Å². The first-order chi connectivity index (χ1) is 14.2. The Morgan fingerprint density at radius 2 is 1.72 bits per heavy atom. The molecule has 1 heterocycles. The summed E-state index contributed by atoms with van der Waals surface area (Å²) in [5.74, 6) is -0.508. The minimum absolute atomic E-state index is 0.166.